The van der Waals surface area contributed by atoms with E-state index in [9.17, 15) is 14.4 Å². The molecule has 2 aromatic heterocycles. The Labute approximate surface area is 286 Å². The predicted octanol–water partition coefficient (Wildman–Crippen LogP) is 2.59. The molecule has 3 aromatic rings. The number of anilines is 1. The Morgan fingerprint density at radius 3 is 1.82 bits per heavy atom. The van der Waals surface area contributed by atoms with Crippen molar-refractivity contribution in [1.29, 1.82) is 0 Å². The van der Waals surface area contributed by atoms with Gasteiger partial charge in [0.15, 0.2) is 0 Å². The molecule has 264 valence electrons. The summed E-state index contributed by atoms with van der Waals surface area (Å²) < 4.78 is 33.5. The van der Waals surface area contributed by atoms with Gasteiger partial charge in [-0.15, -0.1) is 0 Å². The van der Waals surface area contributed by atoms with Crippen LogP contribution in [0.4, 0.5) is 5.69 Å². The van der Waals surface area contributed by atoms with Gasteiger partial charge in [0.1, 0.15) is 11.4 Å². The summed E-state index contributed by atoms with van der Waals surface area (Å²) in [7, 11) is 2.66. The molecule has 0 aliphatic carbocycles. The van der Waals surface area contributed by atoms with Crippen molar-refractivity contribution in [3.05, 3.63) is 89.0 Å². The Balaban J connectivity index is 1.42. The fraction of sp³-hybridized carbons (Fsp3) is 0.457. The first-order valence-electron chi connectivity index (χ1n) is 16.2. The van der Waals surface area contributed by atoms with Gasteiger partial charge < -0.3 is 33.7 Å². The van der Waals surface area contributed by atoms with E-state index in [1.165, 1.54) is 14.2 Å². The molecule has 3 heterocycles. The molecule has 0 radical (unpaired) electrons. The summed E-state index contributed by atoms with van der Waals surface area (Å²) in [5, 5.41) is 2.67. The minimum absolute atomic E-state index is 0.206. The van der Waals surface area contributed by atoms with Crippen molar-refractivity contribution in [1.82, 2.24) is 19.8 Å². The van der Waals surface area contributed by atoms with Crippen LogP contribution in [0.3, 0.4) is 0 Å². The van der Waals surface area contributed by atoms with Crippen LogP contribution in [0.5, 0.6) is 0 Å². The van der Waals surface area contributed by atoms with Gasteiger partial charge in [0.05, 0.1) is 84.5 Å². The number of pyridine rings is 2. The normalized spacial score (nSPS) is 17.2. The van der Waals surface area contributed by atoms with Gasteiger partial charge in [-0.25, -0.2) is 19.6 Å². The molecule has 1 unspecified atom stereocenters. The molecule has 1 saturated heterocycles. The van der Waals surface area contributed by atoms with Gasteiger partial charge in [0.25, 0.3) is 0 Å². The monoisotopic (exact) mass is 679 g/mol. The van der Waals surface area contributed by atoms with Gasteiger partial charge in [0.2, 0.25) is 6.41 Å². The summed E-state index contributed by atoms with van der Waals surface area (Å²) in [5.74, 6) is -0.997. The number of nitrogens with one attached hydrogen (secondary N) is 1. The third-order valence-electron chi connectivity index (χ3n) is 7.74. The minimum Gasteiger partial charge on any atom is -0.464 e. The van der Waals surface area contributed by atoms with E-state index in [-0.39, 0.29) is 17.4 Å². The summed E-state index contributed by atoms with van der Waals surface area (Å²) in [6.07, 6.45) is 0.631. The summed E-state index contributed by atoms with van der Waals surface area (Å²) in [4.78, 5) is 48.7. The molecule has 1 N–H and O–H groups in total. The highest BCUT2D eigenvalue weighted by molar-refractivity contribution is 5.87. The number of benzene rings is 1. The quantitative estimate of drug-likeness (QED) is 0.261. The largest absolute Gasteiger partial charge is 0.464 e. The SMILES string of the molecule is COC(=O)c1cccc(CN2CCOCCOCCN(C(c3ccc(NC=O)cc3)c3cccc(C(=O)OC)n3)CCOCCOCC2)n1. The third kappa shape index (κ3) is 12.3. The number of hydrogen-bond acceptors (Lipinski definition) is 13. The van der Waals surface area contributed by atoms with Crippen LogP contribution in [-0.2, 0) is 39.8 Å². The van der Waals surface area contributed by atoms with Crippen LogP contribution in [-0.4, -0.2) is 131 Å². The molecule has 1 aliphatic heterocycles. The summed E-state index contributed by atoms with van der Waals surface area (Å²) in [6.45, 7) is 6.31. The molecule has 1 atom stereocenters. The zero-order chi connectivity index (χ0) is 34.7. The van der Waals surface area contributed by atoms with E-state index in [4.69, 9.17) is 28.4 Å². The summed E-state index contributed by atoms with van der Waals surface area (Å²) >= 11 is 0. The number of amides is 1. The highest BCUT2D eigenvalue weighted by Crippen LogP contribution is 2.29. The minimum atomic E-state index is -0.523. The van der Waals surface area contributed by atoms with Crippen molar-refractivity contribution < 1.29 is 42.8 Å². The Morgan fingerprint density at radius 1 is 0.735 bits per heavy atom. The van der Waals surface area contributed by atoms with Crippen LogP contribution < -0.4 is 5.32 Å². The van der Waals surface area contributed by atoms with Crippen molar-refractivity contribution in [3.63, 3.8) is 0 Å². The molecule has 1 aromatic carbocycles. The van der Waals surface area contributed by atoms with Gasteiger partial charge in [-0.05, 0) is 42.0 Å². The zero-order valence-electron chi connectivity index (χ0n) is 28.1. The van der Waals surface area contributed by atoms with Crippen molar-refractivity contribution >= 4 is 24.0 Å². The standard InChI is InChI=1S/C35H45N5O9/c1-44-34(42)31-7-3-5-29(37-31)25-39-13-17-46-21-23-48-19-15-40(16-20-49-24-22-47-18-14-39)33(27-9-11-28(12-10-27)36-26-41)30-6-4-8-32(38-30)35(43)45-2/h3-12,26,33H,13-25H2,1-2H3,(H,36,41). The van der Waals surface area contributed by atoms with Crippen LogP contribution in [0.15, 0.2) is 60.7 Å². The van der Waals surface area contributed by atoms with E-state index in [2.05, 4.69) is 25.1 Å². The molecular weight excluding hydrogens is 634 g/mol. The Kier molecular flexibility index (Phi) is 16.0. The van der Waals surface area contributed by atoms with Crippen molar-refractivity contribution in [2.45, 2.75) is 12.6 Å². The number of esters is 2. The van der Waals surface area contributed by atoms with E-state index < -0.39 is 11.9 Å². The first-order valence-corrected chi connectivity index (χ1v) is 16.2. The van der Waals surface area contributed by atoms with Gasteiger partial charge in [0, 0.05) is 38.4 Å². The lowest BCUT2D eigenvalue weighted by Gasteiger charge is -2.32. The van der Waals surface area contributed by atoms with Gasteiger partial charge >= 0.3 is 11.9 Å². The first kappa shape index (κ1) is 37.5. The van der Waals surface area contributed by atoms with Gasteiger partial charge in [-0.3, -0.25) is 14.6 Å². The van der Waals surface area contributed by atoms with E-state index in [1.54, 1.807) is 24.3 Å². The van der Waals surface area contributed by atoms with Crippen LogP contribution in [0, 0.1) is 0 Å². The lowest BCUT2D eigenvalue weighted by atomic mass is 10.00. The second-order valence-corrected chi connectivity index (χ2v) is 11.0. The average Bonchev–Trinajstić information content (AvgIpc) is 3.13. The second kappa shape index (κ2) is 20.9. The average molecular weight is 680 g/mol. The third-order valence-corrected chi connectivity index (χ3v) is 7.74. The van der Waals surface area contributed by atoms with Gasteiger partial charge in [-0.2, -0.15) is 0 Å². The predicted molar refractivity (Wildman–Crippen MR) is 179 cm³/mol. The molecule has 0 bridgehead atoms. The topological polar surface area (TPSA) is 151 Å². The molecular formula is C35H45N5O9. The van der Waals surface area contributed by atoms with Crippen LogP contribution in [0.25, 0.3) is 0 Å². The molecule has 1 amide bonds. The Hall–Kier alpha value is -4.31. The van der Waals surface area contributed by atoms with Crippen LogP contribution in [0.1, 0.15) is 44.0 Å². The van der Waals surface area contributed by atoms with E-state index in [0.717, 1.165) is 11.3 Å². The highest BCUT2D eigenvalue weighted by atomic mass is 16.5. The molecule has 1 aliphatic rings. The number of carbonyl (C=O) groups is 3. The summed E-state index contributed by atoms with van der Waals surface area (Å²) in [6, 6.07) is 17.7. The number of nitrogens with zero attached hydrogens (tertiary/aromatic N) is 4. The second-order valence-electron chi connectivity index (χ2n) is 11.0. The number of ether oxygens (including phenoxy) is 6. The molecule has 0 spiro atoms. The Bertz CT molecular complexity index is 1440. The zero-order valence-corrected chi connectivity index (χ0v) is 28.1. The van der Waals surface area contributed by atoms with E-state index in [1.807, 2.05) is 36.4 Å². The number of rotatable bonds is 9. The van der Waals surface area contributed by atoms with Gasteiger partial charge in [-0.1, -0.05) is 24.3 Å². The number of aromatic nitrogens is 2. The first-order chi connectivity index (χ1) is 24.0. The maximum absolute atomic E-state index is 12.4. The molecule has 1 fully saturated rings. The van der Waals surface area contributed by atoms with E-state index >= 15 is 0 Å². The van der Waals surface area contributed by atoms with E-state index in [0.29, 0.717) is 103 Å². The maximum atomic E-state index is 12.4. The van der Waals surface area contributed by atoms with Crippen molar-refractivity contribution in [2.24, 2.45) is 0 Å². The number of methoxy groups -OCH3 is 2. The molecule has 49 heavy (non-hydrogen) atoms. The maximum Gasteiger partial charge on any atom is 0.356 e. The molecule has 14 heteroatoms. The van der Waals surface area contributed by atoms with Crippen LogP contribution in [0.2, 0.25) is 0 Å². The molecule has 14 nitrogen and oxygen atoms in total. The van der Waals surface area contributed by atoms with Crippen LogP contribution >= 0.6 is 0 Å². The lowest BCUT2D eigenvalue weighted by Crippen LogP contribution is -2.36. The molecule has 4 rings (SSSR count). The van der Waals surface area contributed by atoms with Crippen molar-refractivity contribution in [2.75, 3.05) is 98.6 Å². The fourth-order valence-electron chi connectivity index (χ4n) is 5.27. The Morgan fingerprint density at radius 2 is 1.27 bits per heavy atom. The summed E-state index contributed by atoms with van der Waals surface area (Å²) in [5.41, 5.74) is 3.45. The smallest absolute Gasteiger partial charge is 0.356 e. The molecule has 0 saturated carbocycles. The lowest BCUT2D eigenvalue weighted by molar-refractivity contribution is -0.105. The number of carbonyl (C=O) groups excluding carboxylic acids is 3. The fourth-order valence-corrected chi connectivity index (χ4v) is 5.27. The van der Waals surface area contributed by atoms with Crippen molar-refractivity contribution in [3.8, 4) is 0 Å². The number of hydrogen-bond donors (Lipinski definition) is 1. The highest BCUT2D eigenvalue weighted by Gasteiger charge is 2.25.